The minimum Gasteiger partial charge on any atom is -0.394 e. The maximum absolute atomic E-state index is 11.9. The standard InChI is InChI=1S/C13H17N3O2/c1-13(2,9-17)16(3)12(18)15-11-6-4-5-10(7-11)8-14/h4-7,17H,9H2,1-3H3,(H,15,18). The summed E-state index contributed by atoms with van der Waals surface area (Å²) in [6.07, 6.45) is 0. The third-order valence-electron chi connectivity index (χ3n) is 2.84. The fourth-order valence-corrected chi connectivity index (χ4v) is 1.25. The first-order valence-electron chi connectivity index (χ1n) is 5.56. The number of carbonyl (C=O) groups is 1. The SMILES string of the molecule is CN(C(=O)Nc1cccc(C#N)c1)C(C)(C)CO. The normalized spacial score (nSPS) is 10.6. The Bertz CT molecular complexity index is 477. The van der Waals surface area contributed by atoms with Gasteiger partial charge in [0, 0.05) is 12.7 Å². The van der Waals surface area contributed by atoms with Crippen molar-refractivity contribution in [2.75, 3.05) is 19.0 Å². The van der Waals surface area contributed by atoms with Gasteiger partial charge in [-0.05, 0) is 32.0 Å². The lowest BCUT2D eigenvalue weighted by Gasteiger charge is -2.33. The van der Waals surface area contributed by atoms with Crippen molar-refractivity contribution in [2.24, 2.45) is 0 Å². The number of benzene rings is 1. The third kappa shape index (κ3) is 3.22. The van der Waals surface area contributed by atoms with Crippen molar-refractivity contribution in [2.45, 2.75) is 19.4 Å². The molecule has 0 spiro atoms. The molecule has 0 saturated carbocycles. The van der Waals surface area contributed by atoms with Crippen LogP contribution in [0.1, 0.15) is 19.4 Å². The van der Waals surface area contributed by atoms with E-state index in [2.05, 4.69) is 5.32 Å². The van der Waals surface area contributed by atoms with Crippen LogP contribution in [0.5, 0.6) is 0 Å². The predicted octanol–water partition coefficient (Wildman–Crippen LogP) is 1.79. The lowest BCUT2D eigenvalue weighted by molar-refractivity contribution is 0.104. The summed E-state index contributed by atoms with van der Waals surface area (Å²) < 4.78 is 0. The number of nitrogens with one attached hydrogen (secondary N) is 1. The molecule has 0 atom stereocenters. The number of nitrogens with zero attached hydrogens (tertiary/aromatic N) is 2. The molecular formula is C13H17N3O2. The summed E-state index contributed by atoms with van der Waals surface area (Å²) >= 11 is 0. The largest absolute Gasteiger partial charge is 0.394 e. The molecule has 0 radical (unpaired) electrons. The van der Waals surface area contributed by atoms with Crippen LogP contribution >= 0.6 is 0 Å². The van der Waals surface area contributed by atoms with Gasteiger partial charge in [0.25, 0.3) is 0 Å². The minimum absolute atomic E-state index is 0.130. The van der Waals surface area contributed by atoms with Gasteiger partial charge in [0.1, 0.15) is 0 Å². The molecule has 1 aromatic rings. The molecule has 0 aliphatic heterocycles. The number of aliphatic hydroxyl groups excluding tert-OH is 1. The Morgan fingerprint density at radius 2 is 2.22 bits per heavy atom. The molecule has 0 saturated heterocycles. The van der Waals surface area contributed by atoms with Crippen LogP contribution in [0.3, 0.4) is 0 Å². The van der Waals surface area contributed by atoms with Gasteiger partial charge in [-0.3, -0.25) is 0 Å². The van der Waals surface area contributed by atoms with Crippen LogP contribution < -0.4 is 5.32 Å². The van der Waals surface area contributed by atoms with Crippen molar-refractivity contribution in [3.05, 3.63) is 29.8 Å². The Morgan fingerprint density at radius 1 is 1.56 bits per heavy atom. The molecule has 0 aromatic heterocycles. The molecule has 0 unspecified atom stereocenters. The second-order valence-corrected chi connectivity index (χ2v) is 4.65. The van der Waals surface area contributed by atoms with E-state index in [-0.39, 0.29) is 12.6 Å². The predicted molar refractivity (Wildman–Crippen MR) is 69.1 cm³/mol. The highest BCUT2D eigenvalue weighted by atomic mass is 16.3. The number of aliphatic hydroxyl groups is 1. The average Bonchev–Trinajstić information content (AvgIpc) is 2.37. The lowest BCUT2D eigenvalue weighted by Crippen LogP contribution is -2.49. The molecule has 2 N–H and O–H groups in total. The van der Waals surface area contributed by atoms with Crippen molar-refractivity contribution in [3.63, 3.8) is 0 Å². The van der Waals surface area contributed by atoms with E-state index < -0.39 is 5.54 Å². The van der Waals surface area contributed by atoms with Gasteiger partial charge in [0.05, 0.1) is 23.8 Å². The smallest absolute Gasteiger partial charge is 0.322 e. The van der Waals surface area contributed by atoms with E-state index in [4.69, 9.17) is 5.26 Å². The van der Waals surface area contributed by atoms with Crippen LogP contribution in [0.4, 0.5) is 10.5 Å². The van der Waals surface area contributed by atoms with E-state index in [9.17, 15) is 9.90 Å². The maximum atomic E-state index is 11.9. The molecule has 0 aliphatic carbocycles. The van der Waals surface area contributed by atoms with Gasteiger partial charge in [-0.25, -0.2) is 4.79 Å². The second kappa shape index (κ2) is 5.52. The summed E-state index contributed by atoms with van der Waals surface area (Å²) in [6, 6.07) is 8.34. The van der Waals surface area contributed by atoms with Gasteiger partial charge in [0.2, 0.25) is 0 Å². The quantitative estimate of drug-likeness (QED) is 0.855. The highest BCUT2D eigenvalue weighted by Gasteiger charge is 2.26. The number of anilines is 1. The number of likely N-dealkylation sites (N-methyl/N-ethyl adjacent to an activating group) is 1. The molecule has 0 aliphatic rings. The molecule has 2 amide bonds. The second-order valence-electron chi connectivity index (χ2n) is 4.65. The average molecular weight is 247 g/mol. The van der Waals surface area contributed by atoms with Crippen LogP contribution in [-0.2, 0) is 0 Å². The molecule has 96 valence electrons. The first-order valence-corrected chi connectivity index (χ1v) is 5.56. The molecule has 0 bridgehead atoms. The molecule has 5 nitrogen and oxygen atoms in total. The first kappa shape index (κ1) is 14.0. The van der Waals surface area contributed by atoms with E-state index in [1.165, 1.54) is 4.90 Å². The number of carbonyl (C=O) groups excluding carboxylic acids is 1. The topological polar surface area (TPSA) is 76.4 Å². The molecule has 0 heterocycles. The minimum atomic E-state index is -0.642. The maximum Gasteiger partial charge on any atom is 0.322 e. The third-order valence-corrected chi connectivity index (χ3v) is 2.84. The zero-order valence-electron chi connectivity index (χ0n) is 10.8. The number of amides is 2. The number of hydrogen-bond donors (Lipinski definition) is 2. The molecule has 1 rings (SSSR count). The number of nitriles is 1. The highest BCUT2D eigenvalue weighted by Crippen LogP contribution is 2.15. The van der Waals surface area contributed by atoms with Crippen molar-refractivity contribution >= 4 is 11.7 Å². The molecule has 1 aromatic carbocycles. The van der Waals surface area contributed by atoms with Gasteiger partial charge < -0.3 is 15.3 Å². The first-order chi connectivity index (χ1) is 8.40. The fraction of sp³-hybridized carbons (Fsp3) is 0.385. The summed E-state index contributed by atoms with van der Waals surface area (Å²) in [4.78, 5) is 13.4. The zero-order chi connectivity index (χ0) is 13.8. The van der Waals surface area contributed by atoms with E-state index in [1.807, 2.05) is 6.07 Å². The van der Waals surface area contributed by atoms with Crippen molar-refractivity contribution < 1.29 is 9.90 Å². The number of hydrogen-bond acceptors (Lipinski definition) is 3. The van der Waals surface area contributed by atoms with Crippen molar-refractivity contribution in [1.29, 1.82) is 5.26 Å². The Labute approximate surface area is 107 Å². The summed E-state index contributed by atoms with van der Waals surface area (Å²) in [6.45, 7) is 3.39. The summed E-state index contributed by atoms with van der Waals surface area (Å²) in [5, 5.41) is 20.6. The van der Waals surface area contributed by atoms with Crippen LogP contribution in [0.25, 0.3) is 0 Å². The summed E-state index contributed by atoms with van der Waals surface area (Å²) in [5.74, 6) is 0. The van der Waals surface area contributed by atoms with E-state index >= 15 is 0 Å². The molecule has 0 fully saturated rings. The van der Waals surface area contributed by atoms with Gasteiger partial charge in [-0.2, -0.15) is 5.26 Å². The van der Waals surface area contributed by atoms with Gasteiger partial charge in [-0.15, -0.1) is 0 Å². The molecular weight excluding hydrogens is 230 g/mol. The highest BCUT2D eigenvalue weighted by molar-refractivity contribution is 5.89. The van der Waals surface area contributed by atoms with Gasteiger partial charge >= 0.3 is 6.03 Å². The number of rotatable bonds is 3. The van der Waals surface area contributed by atoms with Gasteiger partial charge in [-0.1, -0.05) is 6.07 Å². The Hall–Kier alpha value is -2.06. The molecule has 5 heteroatoms. The van der Waals surface area contributed by atoms with Crippen molar-refractivity contribution in [3.8, 4) is 6.07 Å². The number of urea groups is 1. The van der Waals surface area contributed by atoms with E-state index in [0.717, 1.165) is 0 Å². The zero-order valence-corrected chi connectivity index (χ0v) is 10.8. The summed E-state index contributed by atoms with van der Waals surface area (Å²) in [5.41, 5.74) is 0.396. The van der Waals surface area contributed by atoms with E-state index in [0.29, 0.717) is 11.3 Å². The van der Waals surface area contributed by atoms with Crippen LogP contribution in [0, 0.1) is 11.3 Å². The van der Waals surface area contributed by atoms with Crippen molar-refractivity contribution in [1.82, 2.24) is 4.90 Å². The Morgan fingerprint density at radius 3 is 2.78 bits per heavy atom. The molecule has 18 heavy (non-hydrogen) atoms. The Kier molecular flexibility index (Phi) is 4.29. The van der Waals surface area contributed by atoms with Crippen LogP contribution in [0.2, 0.25) is 0 Å². The van der Waals surface area contributed by atoms with Crippen LogP contribution in [-0.4, -0.2) is 35.2 Å². The monoisotopic (exact) mass is 247 g/mol. The van der Waals surface area contributed by atoms with Gasteiger partial charge in [0.15, 0.2) is 0 Å². The summed E-state index contributed by atoms with van der Waals surface area (Å²) in [7, 11) is 1.61. The lowest BCUT2D eigenvalue weighted by atomic mass is 10.1. The Balaban J connectivity index is 2.79. The van der Waals surface area contributed by atoms with Crippen LogP contribution in [0.15, 0.2) is 24.3 Å². The fourth-order valence-electron chi connectivity index (χ4n) is 1.25. The van der Waals surface area contributed by atoms with E-state index in [1.54, 1.807) is 45.2 Å².